The van der Waals surface area contributed by atoms with Gasteiger partial charge in [0.25, 0.3) is 5.91 Å². The topological polar surface area (TPSA) is 60.0 Å². The van der Waals surface area contributed by atoms with Gasteiger partial charge in [0.1, 0.15) is 0 Å². The van der Waals surface area contributed by atoms with Crippen molar-refractivity contribution in [3.63, 3.8) is 0 Å². The molecule has 0 heterocycles. The van der Waals surface area contributed by atoms with Crippen molar-refractivity contribution in [2.45, 2.75) is 39.5 Å². The maximum atomic E-state index is 12.1. The van der Waals surface area contributed by atoms with Gasteiger partial charge in [0.2, 0.25) is 0 Å². The summed E-state index contributed by atoms with van der Waals surface area (Å²) in [6, 6.07) is 7.83. The predicted molar refractivity (Wildman–Crippen MR) is 119 cm³/mol. The van der Waals surface area contributed by atoms with Crippen molar-refractivity contribution in [3.05, 3.63) is 35.4 Å². The van der Waals surface area contributed by atoms with E-state index in [1.807, 2.05) is 18.2 Å². The normalized spacial score (nSPS) is 11.6. The minimum Gasteiger partial charge on any atom is -0.356 e. The zero-order valence-corrected chi connectivity index (χ0v) is 18.4. The minimum absolute atomic E-state index is 0.0347. The van der Waals surface area contributed by atoms with E-state index in [0.29, 0.717) is 0 Å². The highest BCUT2D eigenvalue weighted by atomic mass is 16.2. The van der Waals surface area contributed by atoms with Gasteiger partial charge in [-0.05, 0) is 63.0 Å². The molecule has 0 atom stereocenters. The van der Waals surface area contributed by atoms with Crippen LogP contribution in [0.5, 0.6) is 0 Å². The van der Waals surface area contributed by atoms with E-state index in [0.717, 1.165) is 49.6 Å². The predicted octanol–water partition coefficient (Wildman–Crippen LogP) is 2.61. The molecule has 1 aromatic carbocycles. The molecular formula is C22H39N5O. The maximum Gasteiger partial charge on any atom is 0.253 e. The standard InChI is InChI=1S/C22H39N5O/c1-6-15-27(16-7-2)17-9-13-24-22(23-3)25-14-12-19-10-8-11-20(18-19)21(28)26(4)5/h8,10-11,18H,6-7,9,12-17H2,1-5H3,(H2,23,24,25). The molecular weight excluding hydrogens is 350 g/mol. The zero-order chi connectivity index (χ0) is 20.8. The first kappa shape index (κ1) is 24.0. The Labute approximate surface area is 171 Å². The molecule has 0 aliphatic carbocycles. The molecule has 0 spiro atoms. The summed E-state index contributed by atoms with van der Waals surface area (Å²) in [6.45, 7) is 9.63. The van der Waals surface area contributed by atoms with Crippen LogP contribution in [0.3, 0.4) is 0 Å². The lowest BCUT2D eigenvalue weighted by atomic mass is 10.1. The Bertz CT molecular complexity index is 594. The molecule has 0 bridgehead atoms. The fraction of sp³-hybridized carbons (Fsp3) is 0.636. The van der Waals surface area contributed by atoms with Crippen LogP contribution >= 0.6 is 0 Å². The van der Waals surface area contributed by atoms with E-state index in [9.17, 15) is 4.79 Å². The molecule has 6 heteroatoms. The highest BCUT2D eigenvalue weighted by molar-refractivity contribution is 5.94. The monoisotopic (exact) mass is 389 g/mol. The molecule has 0 unspecified atom stereocenters. The third kappa shape index (κ3) is 9.22. The smallest absolute Gasteiger partial charge is 0.253 e. The zero-order valence-electron chi connectivity index (χ0n) is 18.4. The summed E-state index contributed by atoms with van der Waals surface area (Å²) in [5.41, 5.74) is 1.87. The van der Waals surface area contributed by atoms with Gasteiger partial charge in [-0.3, -0.25) is 9.79 Å². The summed E-state index contributed by atoms with van der Waals surface area (Å²) in [6.07, 6.45) is 4.36. The summed E-state index contributed by atoms with van der Waals surface area (Å²) in [7, 11) is 5.35. The molecule has 1 aromatic rings. The first-order valence-corrected chi connectivity index (χ1v) is 10.5. The van der Waals surface area contributed by atoms with E-state index in [-0.39, 0.29) is 5.91 Å². The van der Waals surface area contributed by atoms with Crippen LogP contribution < -0.4 is 10.6 Å². The van der Waals surface area contributed by atoms with Gasteiger partial charge in [-0.2, -0.15) is 0 Å². The van der Waals surface area contributed by atoms with Crippen molar-refractivity contribution in [2.24, 2.45) is 4.99 Å². The summed E-state index contributed by atoms with van der Waals surface area (Å²) in [4.78, 5) is 20.5. The second-order valence-electron chi connectivity index (χ2n) is 7.27. The SMILES string of the molecule is CCCN(CCC)CCCNC(=NC)NCCc1cccc(C(=O)N(C)C)c1. The summed E-state index contributed by atoms with van der Waals surface area (Å²) in [5.74, 6) is 0.866. The van der Waals surface area contributed by atoms with Gasteiger partial charge < -0.3 is 20.4 Å². The number of hydrogen-bond acceptors (Lipinski definition) is 3. The van der Waals surface area contributed by atoms with Crippen LogP contribution in [-0.2, 0) is 6.42 Å². The molecule has 1 rings (SSSR count). The Balaban J connectivity index is 2.35. The average Bonchev–Trinajstić information content (AvgIpc) is 2.69. The van der Waals surface area contributed by atoms with Gasteiger partial charge in [0.15, 0.2) is 5.96 Å². The minimum atomic E-state index is 0.0347. The summed E-state index contributed by atoms with van der Waals surface area (Å²) < 4.78 is 0. The van der Waals surface area contributed by atoms with Crippen LogP contribution in [0.2, 0.25) is 0 Å². The van der Waals surface area contributed by atoms with Gasteiger partial charge in [-0.15, -0.1) is 0 Å². The second kappa shape index (κ2) is 14.0. The third-order valence-electron chi connectivity index (χ3n) is 4.53. The molecule has 158 valence electrons. The third-order valence-corrected chi connectivity index (χ3v) is 4.53. The van der Waals surface area contributed by atoms with Crippen LogP contribution in [0.1, 0.15) is 49.0 Å². The lowest BCUT2D eigenvalue weighted by Gasteiger charge is -2.21. The Morgan fingerprint density at radius 1 is 1.04 bits per heavy atom. The van der Waals surface area contributed by atoms with Gasteiger partial charge >= 0.3 is 0 Å². The second-order valence-corrected chi connectivity index (χ2v) is 7.27. The van der Waals surface area contributed by atoms with Crippen LogP contribution in [0.4, 0.5) is 0 Å². The molecule has 0 fully saturated rings. The molecule has 2 N–H and O–H groups in total. The van der Waals surface area contributed by atoms with Crippen molar-refractivity contribution in [2.75, 3.05) is 53.9 Å². The van der Waals surface area contributed by atoms with Crippen LogP contribution in [0, 0.1) is 0 Å². The first-order chi connectivity index (χ1) is 13.5. The highest BCUT2D eigenvalue weighted by Gasteiger charge is 2.08. The van der Waals surface area contributed by atoms with Crippen molar-refractivity contribution in [1.29, 1.82) is 0 Å². The Hall–Kier alpha value is -2.08. The lowest BCUT2D eigenvalue weighted by molar-refractivity contribution is 0.0827. The molecule has 0 saturated heterocycles. The summed E-state index contributed by atoms with van der Waals surface area (Å²) in [5, 5.41) is 6.75. The molecule has 0 aliphatic rings. The Kier molecular flexibility index (Phi) is 12.0. The number of rotatable bonds is 12. The lowest BCUT2D eigenvalue weighted by Crippen LogP contribution is -2.39. The largest absolute Gasteiger partial charge is 0.356 e. The fourth-order valence-corrected chi connectivity index (χ4v) is 3.14. The number of benzene rings is 1. The number of guanidine groups is 1. The quantitative estimate of drug-likeness (QED) is 0.328. The molecule has 0 aromatic heterocycles. The average molecular weight is 390 g/mol. The fourth-order valence-electron chi connectivity index (χ4n) is 3.14. The number of amides is 1. The van der Waals surface area contributed by atoms with E-state index < -0.39 is 0 Å². The Morgan fingerprint density at radius 2 is 1.71 bits per heavy atom. The van der Waals surface area contributed by atoms with Crippen molar-refractivity contribution in [1.82, 2.24) is 20.4 Å². The maximum absolute atomic E-state index is 12.1. The molecule has 28 heavy (non-hydrogen) atoms. The number of hydrogen-bond donors (Lipinski definition) is 2. The van der Waals surface area contributed by atoms with Gasteiger partial charge in [0.05, 0.1) is 0 Å². The van der Waals surface area contributed by atoms with Crippen molar-refractivity contribution < 1.29 is 4.79 Å². The van der Waals surface area contributed by atoms with E-state index in [1.165, 1.54) is 25.9 Å². The number of carbonyl (C=O) groups is 1. The van der Waals surface area contributed by atoms with E-state index in [1.54, 1.807) is 26.0 Å². The number of carbonyl (C=O) groups excluding carboxylic acids is 1. The van der Waals surface area contributed by atoms with Crippen molar-refractivity contribution >= 4 is 11.9 Å². The highest BCUT2D eigenvalue weighted by Crippen LogP contribution is 2.07. The molecule has 0 aliphatic heterocycles. The molecule has 1 amide bonds. The van der Waals surface area contributed by atoms with Gasteiger partial charge in [-0.25, -0.2) is 0 Å². The first-order valence-electron chi connectivity index (χ1n) is 10.5. The van der Waals surface area contributed by atoms with E-state index >= 15 is 0 Å². The van der Waals surface area contributed by atoms with E-state index in [4.69, 9.17) is 0 Å². The van der Waals surface area contributed by atoms with Gasteiger partial charge in [-0.1, -0.05) is 26.0 Å². The van der Waals surface area contributed by atoms with Crippen LogP contribution in [-0.4, -0.2) is 75.5 Å². The molecule has 6 nitrogen and oxygen atoms in total. The number of aliphatic imine (C=N–C) groups is 1. The van der Waals surface area contributed by atoms with Crippen LogP contribution in [0.25, 0.3) is 0 Å². The van der Waals surface area contributed by atoms with Crippen LogP contribution in [0.15, 0.2) is 29.3 Å². The Morgan fingerprint density at radius 3 is 2.32 bits per heavy atom. The van der Waals surface area contributed by atoms with Crippen molar-refractivity contribution in [3.8, 4) is 0 Å². The number of nitrogens with one attached hydrogen (secondary N) is 2. The van der Waals surface area contributed by atoms with Gasteiger partial charge in [0, 0.05) is 39.8 Å². The number of nitrogens with zero attached hydrogens (tertiary/aromatic N) is 3. The summed E-state index contributed by atoms with van der Waals surface area (Å²) >= 11 is 0. The van der Waals surface area contributed by atoms with E-state index in [2.05, 4.69) is 40.4 Å². The molecule has 0 radical (unpaired) electrons. The molecule has 0 saturated carbocycles.